The molecule has 5 rings (SSSR count). The van der Waals surface area contributed by atoms with Crippen LogP contribution in [-0.4, -0.2) is 35.9 Å². The molecule has 1 aromatic carbocycles. The monoisotopic (exact) mass is 450 g/mol. The number of aromatic nitrogens is 2. The van der Waals surface area contributed by atoms with Crippen LogP contribution in [0.5, 0.6) is 17.4 Å². The molecule has 0 amide bonds. The average Bonchev–Trinajstić information content (AvgIpc) is 2.78. The third-order valence-corrected chi connectivity index (χ3v) is 5.71. The van der Waals surface area contributed by atoms with Crippen molar-refractivity contribution in [2.45, 2.75) is 32.6 Å². The van der Waals surface area contributed by atoms with Gasteiger partial charge in [0.05, 0.1) is 12.8 Å². The summed E-state index contributed by atoms with van der Waals surface area (Å²) in [5.74, 6) is 1.12. The zero-order chi connectivity index (χ0) is 23.2. The second-order valence-electron chi connectivity index (χ2n) is 9.64. The molecule has 8 heteroatoms. The van der Waals surface area contributed by atoms with Gasteiger partial charge in [-0.05, 0) is 35.2 Å². The zero-order valence-electron chi connectivity index (χ0n) is 18.9. The second-order valence-corrected chi connectivity index (χ2v) is 9.64. The third kappa shape index (κ3) is 4.06. The van der Waals surface area contributed by atoms with Crippen LogP contribution in [0, 0.1) is 11.4 Å². The SMILES string of the molecule is CC(C)(C)COc1cc2c(cn1)Oc1ccc(-c3cccnc3F)cc1C21CNC[C@@H](N)O1. The summed E-state index contributed by atoms with van der Waals surface area (Å²) in [5, 5.41) is 3.37. The Kier molecular flexibility index (Phi) is 5.31. The first-order valence-corrected chi connectivity index (χ1v) is 11.0. The van der Waals surface area contributed by atoms with Gasteiger partial charge in [0.25, 0.3) is 0 Å². The number of nitrogens with one attached hydrogen (secondary N) is 1. The molecule has 2 aromatic heterocycles. The van der Waals surface area contributed by atoms with Gasteiger partial charge in [0.2, 0.25) is 11.8 Å². The molecule has 1 saturated heterocycles. The predicted octanol–water partition coefficient (Wildman–Crippen LogP) is 3.96. The number of rotatable bonds is 3. The van der Waals surface area contributed by atoms with Crippen LogP contribution in [0.1, 0.15) is 31.9 Å². The maximum Gasteiger partial charge on any atom is 0.220 e. The normalized spacial score (nSPS) is 21.8. The summed E-state index contributed by atoms with van der Waals surface area (Å²) in [4.78, 5) is 8.21. The molecule has 33 heavy (non-hydrogen) atoms. The van der Waals surface area contributed by atoms with Crippen molar-refractivity contribution >= 4 is 0 Å². The highest BCUT2D eigenvalue weighted by Crippen LogP contribution is 2.51. The lowest BCUT2D eigenvalue weighted by Crippen LogP contribution is -2.56. The van der Waals surface area contributed by atoms with Gasteiger partial charge in [-0.25, -0.2) is 9.97 Å². The van der Waals surface area contributed by atoms with Crippen LogP contribution in [0.3, 0.4) is 0 Å². The van der Waals surface area contributed by atoms with E-state index in [0.717, 1.165) is 11.1 Å². The van der Waals surface area contributed by atoms with E-state index in [1.54, 1.807) is 18.3 Å². The molecule has 4 heterocycles. The van der Waals surface area contributed by atoms with Crippen molar-refractivity contribution in [3.05, 3.63) is 65.9 Å². The Morgan fingerprint density at radius 3 is 2.76 bits per heavy atom. The van der Waals surface area contributed by atoms with Crippen LogP contribution >= 0.6 is 0 Å². The van der Waals surface area contributed by atoms with Crippen LogP contribution in [0.2, 0.25) is 0 Å². The van der Waals surface area contributed by atoms with E-state index in [-0.39, 0.29) is 5.41 Å². The van der Waals surface area contributed by atoms with Gasteiger partial charge in [0.1, 0.15) is 17.6 Å². The molecule has 2 atom stereocenters. The first-order valence-electron chi connectivity index (χ1n) is 11.0. The van der Waals surface area contributed by atoms with Gasteiger partial charge in [0, 0.05) is 42.0 Å². The van der Waals surface area contributed by atoms with Crippen LogP contribution < -0.4 is 20.5 Å². The lowest BCUT2D eigenvalue weighted by molar-refractivity contribution is -0.0972. The summed E-state index contributed by atoms with van der Waals surface area (Å²) in [6, 6.07) is 10.8. The van der Waals surface area contributed by atoms with Gasteiger partial charge in [-0.2, -0.15) is 4.39 Å². The summed E-state index contributed by atoms with van der Waals surface area (Å²) < 4.78 is 33.0. The van der Waals surface area contributed by atoms with E-state index < -0.39 is 17.8 Å². The Balaban J connectivity index is 1.63. The Morgan fingerprint density at radius 1 is 1.18 bits per heavy atom. The molecule has 0 bridgehead atoms. The van der Waals surface area contributed by atoms with E-state index in [1.807, 2.05) is 24.3 Å². The van der Waals surface area contributed by atoms with Gasteiger partial charge in [-0.15, -0.1) is 0 Å². The van der Waals surface area contributed by atoms with E-state index in [0.29, 0.717) is 48.2 Å². The van der Waals surface area contributed by atoms with Gasteiger partial charge in [-0.1, -0.05) is 26.8 Å². The maximum atomic E-state index is 14.4. The largest absolute Gasteiger partial charge is 0.477 e. The number of pyridine rings is 2. The first kappa shape index (κ1) is 21.8. The van der Waals surface area contributed by atoms with Crippen molar-refractivity contribution in [3.63, 3.8) is 0 Å². The number of morpholine rings is 1. The molecule has 0 saturated carbocycles. The Hall–Kier alpha value is -3.07. The summed E-state index contributed by atoms with van der Waals surface area (Å²) in [7, 11) is 0. The zero-order valence-corrected chi connectivity index (χ0v) is 18.9. The molecular weight excluding hydrogens is 423 g/mol. The number of fused-ring (bicyclic) bond motifs is 4. The Bertz CT molecular complexity index is 1200. The summed E-state index contributed by atoms with van der Waals surface area (Å²) in [5.41, 5.74) is 7.87. The number of nitrogens with two attached hydrogens (primary N) is 1. The highest BCUT2D eigenvalue weighted by atomic mass is 19.1. The quantitative estimate of drug-likeness (QED) is 0.584. The fourth-order valence-electron chi connectivity index (χ4n) is 4.21. The van der Waals surface area contributed by atoms with Crippen molar-refractivity contribution < 1.29 is 18.6 Å². The standard InChI is InChI=1S/C25H27FN4O3/c1-24(2,3)14-31-22-10-18-20(11-30-22)32-19-7-6-15(16-5-4-8-29-23(16)26)9-17(19)25(18)13-28-12-21(27)33-25/h4-11,21,28H,12-14,27H2,1-3H3/t21-,25?/m0/s1. The summed E-state index contributed by atoms with van der Waals surface area (Å²) >= 11 is 0. The molecular formula is C25H27FN4O3. The molecule has 1 unspecified atom stereocenters. The fraction of sp³-hybridized carbons (Fsp3) is 0.360. The summed E-state index contributed by atoms with van der Waals surface area (Å²) in [6.45, 7) is 7.77. The highest BCUT2D eigenvalue weighted by molar-refractivity contribution is 5.68. The smallest absolute Gasteiger partial charge is 0.220 e. The van der Waals surface area contributed by atoms with E-state index in [1.165, 1.54) is 6.20 Å². The van der Waals surface area contributed by atoms with E-state index in [4.69, 9.17) is 19.9 Å². The summed E-state index contributed by atoms with van der Waals surface area (Å²) in [6.07, 6.45) is 2.54. The number of ether oxygens (including phenoxy) is 3. The molecule has 2 aliphatic rings. The lowest BCUT2D eigenvalue weighted by Gasteiger charge is -2.44. The minimum absolute atomic E-state index is 0.0215. The second kappa shape index (κ2) is 8.06. The highest BCUT2D eigenvalue weighted by Gasteiger charge is 2.47. The van der Waals surface area contributed by atoms with E-state index >= 15 is 0 Å². The van der Waals surface area contributed by atoms with Gasteiger partial charge >= 0.3 is 0 Å². The molecule has 3 aromatic rings. The van der Waals surface area contributed by atoms with Gasteiger partial charge < -0.3 is 25.3 Å². The number of hydrogen-bond donors (Lipinski definition) is 2. The van der Waals surface area contributed by atoms with Crippen molar-refractivity contribution in [2.75, 3.05) is 19.7 Å². The number of halogens is 1. The topological polar surface area (TPSA) is 91.5 Å². The minimum atomic E-state index is -0.946. The molecule has 1 spiro atoms. The fourth-order valence-corrected chi connectivity index (χ4v) is 4.21. The number of nitrogens with zero attached hydrogens (tertiary/aromatic N) is 2. The van der Waals surface area contributed by atoms with Gasteiger partial charge in [-0.3, -0.25) is 0 Å². The van der Waals surface area contributed by atoms with Crippen LogP contribution in [-0.2, 0) is 10.3 Å². The molecule has 0 radical (unpaired) electrons. The minimum Gasteiger partial charge on any atom is -0.477 e. The van der Waals surface area contributed by atoms with Crippen LogP contribution in [0.25, 0.3) is 11.1 Å². The lowest BCUT2D eigenvalue weighted by atomic mass is 9.81. The van der Waals surface area contributed by atoms with Crippen molar-refractivity contribution in [3.8, 4) is 28.5 Å². The predicted molar refractivity (Wildman–Crippen MR) is 122 cm³/mol. The van der Waals surface area contributed by atoms with Crippen molar-refractivity contribution in [1.82, 2.24) is 15.3 Å². The first-order chi connectivity index (χ1) is 15.7. The number of hydrogen-bond acceptors (Lipinski definition) is 7. The maximum absolute atomic E-state index is 14.4. The number of benzene rings is 1. The Morgan fingerprint density at radius 2 is 2.00 bits per heavy atom. The molecule has 7 nitrogen and oxygen atoms in total. The molecule has 0 aliphatic carbocycles. The van der Waals surface area contributed by atoms with E-state index in [2.05, 4.69) is 36.1 Å². The Labute approximate surface area is 192 Å². The third-order valence-electron chi connectivity index (χ3n) is 5.71. The average molecular weight is 451 g/mol. The van der Waals surface area contributed by atoms with Crippen molar-refractivity contribution in [2.24, 2.45) is 11.1 Å². The van der Waals surface area contributed by atoms with E-state index in [9.17, 15) is 4.39 Å². The molecule has 2 aliphatic heterocycles. The van der Waals surface area contributed by atoms with Crippen LogP contribution in [0.15, 0.2) is 48.8 Å². The molecule has 1 fully saturated rings. The molecule has 3 N–H and O–H groups in total. The van der Waals surface area contributed by atoms with Gasteiger partial charge in [0.15, 0.2) is 5.75 Å². The molecule has 172 valence electrons. The van der Waals surface area contributed by atoms with Crippen molar-refractivity contribution in [1.29, 1.82) is 0 Å². The van der Waals surface area contributed by atoms with Crippen LogP contribution in [0.4, 0.5) is 4.39 Å².